The molecule has 0 spiro atoms. The molecule has 212 valence electrons. The molecule has 7 nitrogen and oxygen atoms in total. The predicted molar refractivity (Wildman–Crippen MR) is 163 cm³/mol. The summed E-state index contributed by atoms with van der Waals surface area (Å²) in [6.45, 7) is 5.49. The second kappa shape index (κ2) is 14.6. The van der Waals surface area contributed by atoms with Crippen molar-refractivity contribution in [1.82, 2.24) is 10.6 Å². The van der Waals surface area contributed by atoms with Crippen LogP contribution in [0.3, 0.4) is 0 Å². The Balaban J connectivity index is 1.34. The van der Waals surface area contributed by atoms with Crippen molar-refractivity contribution in [3.05, 3.63) is 125 Å². The summed E-state index contributed by atoms with van der Waals surface area (Å²) in [5, 5.41) is 9.25. The first-order valence-corrected chi connectivity index (χ1v) is 13.7. The maximum Gasteiger partial charge on any atom is 0.251 e. The van der Waals surface area contributed by atoms with Crippen LogP contribution in [0.25, 0.3) is 0 Å². The number of benzene rings is 4. The molecule has 0 aliphatic rings. The lowest BCUT2D eigenvalue weighted by molar-refractivity contribution is -0.122. The number of anilines is 1. The van der Waals surface area contributed by atoms with E-state index in [-0.39, 0.29) is 18.4 Å². The lowest BCUT2D eigenvalue weighted by Crippen LogP contribution is -2.39. The fourth-order valence-electron chi connectivity index (χ4n) is 4.61. The quantitative estimate of drug-likeness (QED) is 0.187. The highest BCUT2D eigenvalue weighted by atomic mass is 16.5. The highest BCUT2D eigenvalue weighted by molar-refractivity contribution is 5.95. The molecule has 0 aliphatic carbocycles. The third kappa shape index (κ3) is 8.35. The highest BCUT2D eigenvalue weighted by Gasteiger charge is 2.22. The number of carbonyl (C=O) groups is 2. The first-order valence-electron chi connectivity index (χ1n) is 13.7. The Hall–Kier alpha value is -4.78. The Morgan fingerprint density at radius 1 is 0.780 bits per heavy atom. The number of rotatable bonds is 13. The van der Waals surface area contributed by atoms with Crippen molar-refractivity contribution in [3.8, 4) is 11.5 Å². The van der Waals surface area contributed by atoms with Crippen LogP contribution in [0.2, 0.25) is 0 Å². The lowest BCUT2D eigenvalue weighted by atomic mass is 9.97. The van der Waals surface area contributed by atoms with Gasteiger partial charge in [-0.25, -0.2) is 0 Å². The van der Waals surface area contributed by atoms with Crippen LogP contribution in [0.15, 0.2) is 97.1 Å². The maximum absolute atomic E-state index is 13.2. The standard InChI is InChI=1S/C34H37N3O4/c1-24-20-28(21-25(2)32(24)41-23-26-10-6-4-7-11-26)33(38)37-22-31(27-12-8-5-9-13-27)34(39)36-19-18-35-29-14-16-30(40-3)17-15-29/h4-17,20-21,31,35H,18-19,22-23H2,1-3H3,(H,36,39)(H,37,38). The Bertz CT molecular complexity index is 1400. The molecule has 41 heavy (non-hydrogen) atoms. The van der Waals surface area contributed by atoms with E-state index in [0.717, 1.165) is 39.4 Å². The minimum atomic E-state index is -0.531. The summed E-state index contributed by atoms with van der Waals surface area (Å²) in [6, 6.07) is 30.7. The van der Waals surface area contributed by atoms with Gasteiger partial charge < -0.3 is 25.4 Å². The summed E-state index contributed by atoms with van der Waals surface area (Å²) in [7, 11) is 1.63. The van der Waals surface area contributed by atoms with Crippen LogP contribution in [0.5, 0.6) is 11.5 Å². The minimum absolute atomic E-state index is 0.148. The molecule has 0 aromatic heterocycles. The molecule has 7 heteroatoms. The van der Waals surface area contributed by atoms with Crippen molar-refractivity contribution in [2.24, 2.45) is 0 Å². The van der Waals surface area contributed by atoms with Crippen molar-refractivity contribution in [2.75, 3.05) is 32.1 Å². The van der Waals surface area contributed by atoms with Crippen LogP contribution in [-0.2, 0) is 11.4 Å². The van der Waals surface area contributed by atoms with Crippen molar-refractivity contribution in [1.29, 1.82) is 0 Å². The van der Waals surface area contributed by atoms with Crippen LogP contribution in [0.1, 0.15) is 38.5 Å². The van der Waals surface area contributed by atoms with Gasteiger partial charge in [0, 0.05) is 30.9 Å². The zero-order valence-corrected chi connectivity index (χ0v) is 23.8. The number of nitrogens with one attached hydrogen (secondary N) is 3. The van der Waals surface area contributed by atoms with E-state index in [2.05, 4.69) is 16.0 Å². The van der Waals surface area contributed by atoms with E-state index >= 15 is 0 Å². The van der Waals surface area contributed by atoms with Gasteiger partial charge in [-0.3, -0.25) is 9.59 Å². The van der Waals surface area contributed by atoms with Crippen molar-refractivity contribution >= 4 is 17.5 Å². The van der Waals surface area contributed by atoms with E-state index in [1.807, 2.05) is 111 Å². The van der Waals surface area contributed by atoms with Gasteiger partial charge in [-0.05, 0) is 72.5 Å². The molecule has 0 radical (unpaired) electrons. The molecule has 2 amide bonds. The number of aryl methyl sites for hydroxylation is 2. The fourth-order valence-corrected chi connectivity index (χ4v) is 4.61. The Morgan fingerprint density at radius 2 is 1.41 bits per heavy atom. The Labute approximate surface area is 241 Å². The molecule has 1 unspecified atom stereocenters. The third-order valence-corrected chi connectivity index (χ3v) is 6.78. The van der Waals surface area contributed by atoms with Crippen LogP contribution in [-0.4, -0.2) is 38.6 Å². The van der Waals surface area contributed by atoms with Crippen LogP contribution >= 0.6 is 0 Å². The highest BCUT2D eigenvalue weighted by Crippen LogP contribution is 2.26. The molecule has 0 aliphatic heterocycles. The average Bonchev–Trinajstić information content (AvgIpc) is 3.00. The molecule has 0 bridgehead atoms. The monoisotopic (exact) mass is 551 g/mol. The normalized spacial score (nSPS) is 11.3. The summed E-state index contributed by atoms with van der Waals surface area (Å²) < 4.78 is 11.3. The molecule has 4 aromatic rings. The minimum Gasteiger partial charge on any atom is -0.497 e. The number of methoxy groups -OCH3 is 1. The number of hydrogen-bond donors (Lipinski definition) is 3. The molecule has 3 N–H and O–H groups in total. The Kier molecular flexibility index (Phi) is 10.4. The van der Waals surface area contributed by atoms with Gasteiger partial charge in [-0.1, -0.05) is 60.7 Å². The maximum atomic E-state index is 13.2. The van der Waals surface area contributed by atoms with Crippen LogP contribution < -0.4 is 25.4 Å². The van der Waals surface area contributed by atoms with Gasteiger partial charge >= 0.3 is 0 Å². The number of ether oxygens (including phenoxy) is 2. The summed E-state index contributed by atoms with van der Waals surface area (Å²) in [5.41, 5.74) is 5.15. The van der Waals surface area contributed by atoms with Crippen molar-refractivity contribution in [2.45, 2.75) is 26.4 Å². The molecular formula is C34H37N3O4. The van der Waals surface area contributed by atoms with E-state index in [1.165, 1.54) is 0 Å². The number of amides is 2. The lowest BCUT2D eigenvalue weighted by Gasteiger charge is -2.19. The van der Waals surface area contributed by atoms with Gasteiger partial charge in [-0.2, -0.15) is 0 Å². The molecule has 4 rings (SSSR count). The van der Waals surface area contributed by atoms with Gasteiger partial charge in [0.1, 0.15) is 18.1 Å². The van der Waals surface area contributed by atoms with E-state index in [4.69, 9.17) is 9.47 Å². The van der Waals surface area contributed by atoms with E-state index in [0.29, 0.717) is 25.3 Å². The molecule has 4 aromatic carbocycles. The summed E-state index contributed by atoms with van der Waals surface area (Å²) in [5.74, 6) is 0.645. The molecule has 0 saturated heterocycles. The Morgan fingerprint density at radius 3 is 2.05 bits per heavy atom. The first-order chi connectivity index (χ1) is 19.9. The second-order valence-electron chi connectivity index (χ2n) is 9.83. The summed E-state index contributed by atoms with van der Waals surface area (Å²) in [4.78, 5) is 26.4. The summed E-state index contributed by atoms with van der Waals surface area (Å²) in [6.07, 6.45) is 0. The SMILES string of the molecule is COc1ccc(NCCNC(=O)C(CNC(=O)c2cc(C)c(OCc3ccccc3)c(C)c2)c2ccccc2)cc1. The van der Waals surface area contributed by atoms with Crippen molar-refractivity contribution < 1.29 is 19.1 Å². The molecule has 0 fully saturated rings. The van der Waals surface area contributed by atoms with E-state index in [9.17, 15) is 9.59 Å². The predicted octanol–water partition coefficient (Wildman–Crippen LogP) is 5.63. The largest absolute Gasteiger partial charge is 0.497 e. The smallest absolute Gasteiger partial charge is 0.251 e. The van der Waals surface area contributed by atoms with Gasteiger partial charge in [-0.15, -0.1) is 0 Å². The van der Waals surface area contributed by atoms with Crippen LogP contribution in [0, 0.1) is 13.8 Å². The third-order valence-electron chi connectivity index (χ3n) is 6.78. The zero-order valence-electron chi connectivity index (χ0n) is 23.8. The van der Waals surface area contributed by atoms with Gasteiger partial charge in [0.25, 0.3) is 5.91 Å². The van der Waals surface area contributed by atoms with Gasteiger partial charge in [0.05, 0.1) is 13.0 Å². The van der Waals surface area contributed by atoms with Crippen LogP contribution in [0.4, 0.5) is 5.69 Å². The number of carbonyl (C=O) groups excluding carboxylic acids is 2. The average molecular weight is 552 g/mol. The van der Waals surface area contributed by atoms with E-state index in [1.54, 1.807) is 7.11 Å². The van der Waals surface area contributed by atoms with Gasteiger partial charge in [0.15, 0.2) is 0 Å². The fraction of sp³-hybridized carbons (Fsp3) is 0.235. The summed E-state index contributed by atoms with van der Waals surface area (Å²) >= 11 is 0. The zero-order chi connectivity index (χ0) is 29.0. The van der Waals surface area contributed by atoms with E-state index < -0.39 is 5.92 Å². The molecular weight excluding hydrogens is 514 g/mol. The topological polar surface area (TPSA) is 88.7 Å². The van der Waals surface area contributed by atoms with Gasteiger partial charge in [0.2, 0.25) is 5.91 Å². The molecule has 1 atom stereocenters. The molecule has 0 saturated carbocycles. The second-order valence-corrected chi connectivity index (χ2v) is 9.83. The number of hydrogen-bond acceptors (Lipinski definition) is 5. The first kappa shape index (κ1) is 29.2. The van der Waals surface area contributed by atoms with Crippen molar-refractivity contribution in [3.63, 3.8) is 0 Å². The molecule has 0 heterocycles.